The van der Waals surface area contributed by atoms with Crippen molar-refractivity contribution in [3.05, 3.63) is 35.9 Å². The van der Waals surface area contributed by atoms with Crippen molar-refractivity contribution in [2.75, 3.05) is 27.7 Å². The van der Waals surface area contributed by atoms with Crippen LogP contribution in [-0.2, 0) is 0 Å². The minimum Gasteiger partial charge on any atom is -0.313 e. The highest BCUT2D eigenvalue weighted by molar-refractivity contribution is 5.19. The summed E-state index contributed by atoms with van der Waals surface area (Å²) in [5.74, 6) is 0.604. The summed E-state index contributed by atoms with van der Waals surface area (Å²) in [4.78, 5) is 2.23. The van der Waals surface area contributed by atoms with Gasteiger partial charge in [0.25, 0.3) is 0 Å². The minimum atomic E-state index is 0.439. The summed E-state index contributed by atoms with van der Waals surface area (Å²) in [5, 5.41) is 3.40. The highest BCUT2D eigenvalue weighted by atomic mass is 15.1. The van der Waals surface area contributed by atoms with Gasteiger partial charge in [0, 0.05) is 12.6 Å². The van der Waals surface area contributed by atoms with Crippen molar-refractivity contribution >= 4 is 0 Å². The molecule has 2 heteroatoms. The summed E-state index contributed by atoms with van der Waals surface area (Å²) in [6.07, 6.45) is 0. The average molecular weight is 206 g/mol. The Morgan fingerprint density at radius 3 is 2.27 bits per heavy atom. The number of hydrogen-bond donors (Lipinski definition) is 1. The minimum absolute atomic E-state index is 0.439. The molecule has 1 aromatic rings. The van der Waals surface area contributed by atoms with Crippen molar-refractivity contribution in [3.8, 4) is 0 Å². The maximum atomic E-state index is 3.40. The molecule has 84 valence electrons. The van der Waals surface area contributed by atoms with Gasteiger partial charge in [-0.2, -0.15) is 0 Å². The number of benzene rings is 1. The van der Waals surface area contributed by atoms with E-state index in [4.69, 9.17) is 0 Å². The second-order valence-corrected chi connectivity index (χ2v) is 4.42. The van der Waals surface area contributed by atoms with E-state index in [2.05, 4.69) is 61.6 Å². The first kappa shape index (κ1) is 12.2. The van der Waals surface area contributed by atoms with E-state index < -0.39 is 0 Å². The quantitative estimate of drug-likeness (QED) is 0.794. The van der Waals surface area contributed by atoms with Crippen molar-refractivity contribution < 1.29 is 0 Å². The number of nitrogens with zero attached hydrogens (tertiary/aromatic N) is 1. The Balaban J connectivity index is 2.71. The van der Waals surface area contributed by atoms with Gasteiger partial charge >= 0.3 is 0 Å². The molecule has 15 heavy (non-hydrogen) atoms. The highest BCUT2D eigenvalue weighted by Crippen LogP contribution is 2.21. The van der Waals surface area contributed by atoms with Crippen LogP contribution in [0.5, 0.6) is 0 Å². The monoisotopic (exact) mass is 206 g/mol. The lowest BCUT2D eigenvalue weighted by atomic mass is 9.94. The fourth-order valence-electron chi connectivity index (χ4n) is 2.12. The molecule has 0 heterocycles. The molecule has 1 rings (SSSR count). The van der Waals surface area contributed by atoms with Crippen LogP contribution in [0.15, 0.2) is 30.3 Å². The van der Waals surface area contributed by atoms with Gasteiger partial charge in [-0.15, -0.1) is 0 Å². The molecule has 0 aromatic heterocycles. The van der Waals surface area contributed by atoms with E-state index in [0.717, 1.165) is 6.54 Å². The third-order valence-electron chi connectivity index (χ3n) is 2.69. The third kappa shape index (κ3) is 3.65. The summed E-state index contributed by atoms with van der Waals surface area (Å²) in [6, 6.07) is 11.1. The lowest BCUT2D eigenvalue weighted by Gasteiger charge is -2.26. The molecule has 0 radical (unpaired) electrons. The van der Waals surface area contributed by atoms with Crippen LogP contribution < -0.4 is 5.32 Å². The average Bonchev–Trinajstić information content (AvgIpc) is 2.19. The molecule has 0 aliphatic rings. The van der Waals surface area contributed by atoms with Gasteiger partial charge in [-0.25, -0.2) is 0 Å². The van der Waals surface area contributed by atoms with Gasteiger partial charge in [-0.05, 0) is 32.6 Å². The topological polar surface area (TPSA) is 15.3 Å². The zero-order chi connectivity index (χ0) is 11.3. The standard InChI is InChI=1S/C13H22N2/c1-11(10-15(3)4)13(14-2)12-8-6-5-7-9-12/h5-9,11,13-14H,10H2,1-4H3. The van der Waals surface area contributed by atoms with Crippen LogP contribution in [-0.4, -0.2) is 32.6 Å². The zero-order valence-electron chi connectivity index (χ0n) is 10.2. The summed E-state index contributed by atoms with van der Waals surface area (Å²) in [6.45, 7) is 3.38. The molecule has 1 N–H and O–H groups in total. The molecular weight excluding hydrogens is 184 g/mol. The van der Waals surface area contributed by atoms with Crippen molar-refractivity contribution in [2.45, 2.75) is 13.0 Å². The molecule has 0 saturated heterocycles. The Morgan fingerprint density at radius 2 is 1.80 bits per heavy atom. The SMILES string of the molecule is CNC(c1ccccc1)C(C)CN(C)C. The zero-order valence-corrected chi connectivity index (χ0v) is 10.2. The Morgan fingerprint density at radius 1 is 1.20 bits per heavy atom. The summed E-state index contributed by atoms with van der Waals surface area (Å²) in [5.41, 5.74) is 1.37. The van der Waals surface area contributed by atoms with Gasteiger partial charge < -0.3 is 10.2 Å². The van der Waals surface area contributed by atoms with Gasteiger partial charge in [0.05, 0.1) is 0 Å². The van der Waals surface area contributed by atoms with Gasteiger partial charge in [-0.3, -0.25) is 0 Å². The van der Waals surface area contributed by atoms with Crippen LogP contribution in [0.3, 0.4) is 0 Å². The molecule has 0 aliphatic heterocycles. The fraction of sp³-hybridized carbons (Fsp3) is 0.538. The van der Waals surface area contributed by atoms with Gasteiger partial charge in [-0.1, -0.05) is 37.3 Å². The predicted octanol–water partition coefficient (Wildman–Crippen LogP) is 2.14. The molecule has 0 spiro atoms. The van der Waals surface area contributed by atoms with E-state index >= 15 is 0 Å². The van der Waals surface area contributed by atoms with E-state index in [9.17, 15) is 0 Å². The molecular formula is C13H22N2. The molecule has 2 atom stereocenters. The van der Waals surface area contributed by atoms with E-state index in [0.29, 0.717) is 12.0 Å². The molecule has 2 unspecified atom stereocenters. The predicted molar refractivity (Wildman–Crippen MR) is 66.0 cm³/mol. The first-order chi connectivity index (χ1) is 7.15. The van der Waals surface area contributed by atoms with Crippen molar-refractivity contribution in [1.82, 2.24) is 10.2 Å². The highest BCUT2D eigenvalue weighted by Gasteiger charge is 2.17. The first-order valence-corrected chi connectivity index (χ1v) is 5.52. The lowest BCUT2D eigenvalue weighted by Crippen LogP contribution is -2.30. The summed E-state index contributed by atoms with van der Waals surface area (Å²) in [7, 11) is 6.27. The van der Waals surface area contributed by atoms with Crippen LogP contribution in [0.4, 0.5) is 0 Å². The van der Waals surface area contributed by atoms with E-state index in [1.54, 1.807) is 0 Å². The second-order valence-electron chi connectivity index (χ2n) is 4.42. The van der Waals surface area contributed by atoms with E-state index in [-0.39, 0.29) is 0 Å². The second kappa shape index (κ2) is 5.89. The van der Waals surface area contributed by atoms with Gasteiger partial charge in [0.15, 0.2) is 0 Å². The van der Waals surface area contributed by atoms with Gasteiger partial charge in [0.1, 0.15) is 0 Å². The normalized spacial score (nSPS) is 15.3. The Labute approximate surface area is 93.3 Å². The van der Waals surface area contributed by atoms with Crippen molar-refractivity contribution in [1.29, 1.82) is 0 Å². The summed E-state index contributed by atoms with van der Waals surface area (Å²) < 4.78 is 0. The molecule has 1 aromatic carbocycles. The van der Waals surface area contributed by atoms with Crippen LogP contribution >= 0.6 is 0 Å². The van der Waals surface area contributed by atoms with Crippen LogP contribution in [0, 0.1) is 5.92 Å². The molecule has 0 amide bonds. The van der Waals surface area contributed by atoms with E-state index in [1.807, 2.05) is 7.05 Å². The number of rotatable bonds is 5. The van der Waals surface area contributed by atoms with E-state index in [1.165, 1.54) is 5.56 Å². The fourth-order valence-corrected chi connectivity index (χ4v) is 2.12. The molecule has 0 aliphatic carbocycles. The smallest absolute Gasteiger partial charge is 0.0355 e. The van der Waals surface area contributed by atoms with Gasteiger partial charge in [0.2, 0.25) is 0 Å². The Kier molecular flexibility index (Phi) is 4.79. The molecule has 0 saturated carbocycles. The third-order valence-corrected chi connectivity index (χ3v) is 2.69. The Hall–Kier alpha value is -0.860. The molecule has 0 fully saturated rings. The summed E-state index contributed by atoms with van der Waals surface area (Å²) >= 11 is 0. The molecule has 2 nitrogen and oxygen atoms in total. The number of hydrogen-bond acceptors (Lipinski definition) is 2. The maximum absolute atomic E-state index is 3.40. The van der Waals surface area contributed by atoms with Crippen LogP contribution in [0.1, 0.15) is 18.5 Å². The largest absolute Gasteiger partial charge is 0.313 e. The lowest BCUT2D eigenvalue weighted by molar-refractivity contribution is 0.289. The Bertz CT molecular complexity index is 269. The van der Waals surface area contributed by atoms with Crippen molar-refractivity contribution in [3.63, 3.8) is 0 Å². The molecule has 0 bridgehead atoms. The van der Waals surface area contributed by atoms with Crippen molar-refractivity contribution in [2.24, 2.45) is 5.92 Å². The van der Waals surface area contributed by atoms with Crippen LogP contribution in [0.2, 0.25) is 0 Å². The first-order valence-electron chi connectivity index (χ1n) is 5.52. The number of nitrogens with one attached hydrogen (secondary N) is 1. The maximum Gasteiger partial charge on any atom is 0.0355 e. The van der Waals surface area contributed by atoms with Crippen LogP contribution in [0.25, 0.3) is 0 Å².